The van der Waals surface area contributed by atoms with Gasteiger partial charge in [0.05, 0.1) is 25.8 Å². The Labute approximate surface area is 162 Å². The first-order valence-corrected chi connectivity index (χ1v) is 7.17. The Kier molecular flexibility index (Phi) is 7.93. The Hall–Kier alpha value is -1.87. The van der Waals surface area contributed by atoms with E-state index in [0.717, 1.165) is 0 Å². The molecular weight excluding hydrogens is 445 g/mol. The Bertz CT molecular complexity index is 726. The van der Waals surface area contributed by atoms with Crippen LogP contribution in [0.1, 0.15) is 5.56 Å². The molecule has 24 heavy (non-hydrogen) atoms. The van der Waals surface area contributed by atoms with E-state index in [1.807, 2.05) is 0 Å². The van der Waals surface area contributed by atoms with Crippen LogP contribution in [0.5, 0.6) is 17.2 Å². The van der Waals surface area contributed by atoms with E-state index in [4.69, 9.17) is 26.8 Å². The van der Waals surface area contributed by atoms with Gasteiger partial charge in [-0.1, -0.05) is 11.6 Å². The summed E-state index contributed by atoms with van der Waals surface area (Å²) in [6.45, 7) is 0.214. The molecule has 0 spiro atoms. The maximum absolute atomic E-state index is 9.81. The standard InChI is InChI=1S/C16H18ClN3O3.HI/c1-22-12-4-5-14(21)10(7-12)9-19-16(18)20-11-3-6-15(23-2)13(17)8-11;/h3-8,21H,9H2,1-2H3,(H3,18,19,20);1H. The lowest BCUT2D eigenvalue weighted by Crippen LogP contribution is -2.22. The molecule has 0 amide bonds. The highest BCUT2D eigenvalue weighted by atomic mass is 127. The van der Waals surface area contributed by atoms with Crippen molar-refractivity contribution in [2.75, 3.05) is 19.5 Å². The highest BCUT2D eigenvalue weighted by Gasteiger charge is 2.05. The van der Waals surface area contributed by atoms with Gasteiger partial charge in [0.15, 0.2) is 5.96 Å². The number of phenolic OH excluding ortho intramolecular Hbond substituents is 1. The second-order valence-electron chi connectivity index (χ2n) is 4.67. The molecule has 0 fully saturated rings. The number of phenols is 1. The molecule has 0 aromatic heterocycles. The number of hydrogen-bond acceptors (Lipinski definition) is 4. The molecule has 6 nitrogen and oxygen atoms in total. The van der Waals surface area contributed by atoms with Crippen molar-refractivity contribution >= 4 is 47.2 Å². The summed E-state index contributed by atoms with van der Waals surface area (Å²) in [7, 11) is 3.10. The minimum atomic E-state index is 0. The van der Waals surface area contributed by atoms with Gasteiger partial charge in [0, 0.05) is 11.3 Å². The fraction of sp³-hybridized carbons (Fsp3) is 0.188. The summed E-state index contributed by atoms with van der Waals surface area (Å²) in [5, 5.41) is 13.2. The van der Waals surface area contributed by atoms with Gasteiger partial charge in [-0.25, -0.2) is 4.99 Å². The number of ether oxygens (including phenoxy) is 2. The van der Waals surface area contributed by atoms with Crippen LogP contribution in [-0.2, 0) is 6.54 Å². The molecule has 0 atom stereocenters. The van der Waals surface area contributed by atoms with Crippen molar-refractivity contribution in [2.24, 2.45) is 10.7 Å². The van der Waals surface area contributed by atoms with Crippen molar-refractivity contribution in [3.63, 3.8) is 0 Å². The van der Waals surface area contributed by atoms with E-state index in [-0.39, 0.29) is 42.2 Å². The van der Waals surface area contributed by atoms with Gasteiger partial charge in [0.25, 0.3) is 0 Å². The van der Waals surface area contributed by atoms with Gasteiger partial charge < -0.3 is 25.6 Å². The predicted molar refractivity (Wildman–Crippen MR) is 107 cm³/mol. The fourth-order valence-corrected chi connectivity index (χ4v) is 2.18. The van der Waals surface area contributed by atoms with Gasteiger partial charge in [-0.2, -0.15) is 0 Å². The van der Waals surface area contributed by atoms with E-state index in [1.165, 1.54) is 0 Å². The van der Waals surface area contributed by atoms with E-state index in [0.29, 0.717) is 27.8 Å². The molecule has 130 valence electrons. The highest BCUT2D eigenvalue weighted by Crippen LogP contribution is 2.27. The lowest BCUT2D eigenvalue weighted by atomic mass is 10.2. The smallest absolute Gasteiger partial charge is 0.193 e. The molecule has 0 saturated heterocycles. The molecule has 0 bridgehead atoms. The SMILES string of the molecule is COc1ccc(O)c(CN=C(N)Nc2ccc(OC)c(Cl)c2)c1.I. The van der Waals surface area contributed by atoms with E-state index in [9.17, 15) is 5.11 Å². The fourth-order valence-electron chi connectivity index (χ4n) is 1.92. The third-order valence-corrected chi connectivity index (χ3v) is 3.43. The third-order valence-electron chi connectivity index (χ3n) is 3.13. The molecule has 0 saturated carbocycles. The number of nitrogens with zero attached hydrogens (tertiary/aromatic N) is 1. The summed E-state index contributed by atoms with van der Waals surface area (Å²) in [6, 6.07) is 10.1. The van der Waals surface area contributed by atoms with Crippen molar-refractivity contribution < 1.29 is 14.6 Å². The molecule has 0 radical (unpaired) electrons. The Morgan fingerprint density at radius 1 is 1.21 bits per heavy atom. The molecule has 0 aliphatic carbocycles. The predicted octanol–water partition coefficient (Wildman–Crippen LogP) is 3.61. The average Bonchev–Trinajstić information content (AvgIpc) is 2.54. The van der Waals surface area contributed by atoms with Crippen LogP contribution in [-0.4, -0.2) is 25.3 Å². The number of anilines is 1. The molecule has 4 N–H and O–H groups in total. The highest BCUT2D eigenvalue weighted by molar-refractivity contribution is 14.0. The van der Waals surface area contributed by atoms with Crippen LogP contribution < -0.4 is 20.5 Å². The first kappa shape index (κ1) is 20.2. The van der Waals surface area contributed by atoms with Crippen molar-refractivity contribution in [3.8, 4) is 17.2 Å². The first-order chi connectivity index (χ1) is 11.0. The number of aromatic hydroxyl groups is 1. The summed E-state index contributed by atoms with van der Waals surface area (Å²) in [4.78, 5) is 4.19. The van der Waals surface area contributed by atoms with E-state index in [2.05, 4.69) is 10.3 Å². The van der Waals surface area contributed by atoms with Crippen LogP contribution in [0.2, 0.25) is 5.02 Å². The largest absolute Gasteiger partial charge is 0.508 e. The minimum absolute atomic E-state index is 0. The zero-order chi connectivity index (χ0) is 16.8. The van der Waals surface area contributed by atoms with Crippen LogP contribution in [0, 0.1) is 0 Å². The first-order valence-electron chi connectivity index (χ1n) is 6.80. The van der Waals surface area contributed by atoms with Gasteiger partial charge >= 0.3 is 0 Å². The van der Waals surface area contributed by atoms with Gasteiger partial charge in [0.2, 0.25) is 0 Å². The Morgan fingerprint density at radius 3 is 2.58 bits per heavy atom. The molecule has 2 aromatic rings. The molecule has 2 rings (SSSR count). The monoisotopic (exact) mass is 463 g/mol. The lowest BCUT2D eigenvalue weighted by molar-refractivity contribution is 0.411. The van der Waals surface area contributed by atoms with Gasteiger partial charge in [-0.05, 0) is 36.4 Å². The van der Waals surface area contributed by atoms with E-state index in [1.54, 1.807) is 50.6 Å². The summed E-state index contributed by atoms with van der Waals surface area (Å²) >= 11 is 6.05. The zero-order valence-corrected chi connectivity index (χ0v) is 16.3. The number of hydrogen-bond donors (Lipinski definition) is 3. The molecule has 8 heteroatoms. The van der Waals surface area contributed by atoms with Crippen LogP contribution in [0.3, 0.4) is 0 Å². The maximum Gasteiger partial charge on any atom is 0.193 e. The van der Waals surface area contributed by atoms with Gasteiger partial charge in [-0.15, -0.1) is 24.0 Å². The summed E-state index contributed by atoms with van der Waals surface area (Å²) in [5.41, 5.74) is 7.15. The van der Waals surface area contributed by atoms with Crippen molar-refractivity contribution in [3.05, 3.63) is 47.0 Å². The molecule has 0 aliphatic heterocycles. The molecular formula is C16H19ClIN3O3. The second-order valence-corrected chi connectivity index (χ2v) is 5.08. The van der Waals surface area contributed by atoms with Gasteiger partial charge in [-0.3, -0.25) is 0 Å². The van der Waals surface area contributed by atoms with Crippen molar-refractivity contribution in [1.29, 1.82) is 0 Å². The van der Waals surface area contributed by atoms with E-state index >= 15 is 0 Å². The molecule has 0 unspecified atom stereocenters. The Morgan fingerprint density at radius 2 is 1.96 bits per heavy atom. The Balaban J connectivity index is 0.00000288. The number of guanidine groups is 1. The summed E-state index contributed by atoms with van der Waals surface area (Å²) < 4.78 is 10.2. The average molecular weight is 464 g/mol. The summed E-state index contributed by atoms with van der Waals surface area (Å²) in [5.74, 6) is 1.55. The zero-order valence-electron chi connectivity index (χ0n) is 13.2. The number of nitrogens with one attached hydrogen (secondary N) is 1. The molecule has 0 heterocycles. The second kappa shape index (κ2) is 9.43. The quantitative estimate of drug-likeness (QED) is 0.358. The number of halogens is 2. The molecule has 2 aromatic carbocycles. The number of nitrogens with two attached hydrogens (primary N) is 1. The number of benzene rings is 2. The minimum Gasteiger partial charge on any atom is -0.508 e. The van der Waals surface area contributed by atoms with Crippen LogP contribution in [0.4, 0.5) is 5.69 Å². The maximum atomic E-state index is 9.81. The van der Waals surface area contributed by atoms with Crippen molar-refractivity contribution in [1.82, 2.24) is 0 Å². The normalized spacial score (nSPS) is 10.7. The van der Waals surface area contributed by atoms with Gasteiger partial charge in [0.1, 0.15) is 17.2 Å². The molecule has 0 aliphatic rings. The number of aliphatic imine (C=N–C) groups is 1. The topological polar surface area (TPSA) is 89.1 Å². The van der Waals surface area contributed by atoms with Crippen LogP contribution >= 0.6 is 35.6 Å². The lowest BCUT2D eigenvalue weighted by Gasteiger charge is -2.09. The number of methoxy groups -OCH3 is 2. The number of rotatable bonds is 5. The van der Waals surface area contributed by atoms with E-state index < -0.39 is 0 Å². The summed E-state index contributed by atoms with van der Waals surface area (Å²) in [6.07, 6.45) is 0. The van der Waals surface area contributed by atoms with Crippen molar-refractivity contribution in [2.45, 2.75) is 6.54 Å². The van der Waals surface area contributed by atoms with Crippen LogP contribution in [0.25, 0.3) is 0 Å². The van der Waals surface area contributed by atoms with Crippen LogP contribution in [0.15, 0.2) is 41.4 Å². The third kappa shape index (κ3) is 5.34.